The molecule has 0 saturated heterocycles. The van der Waals surface area contributed by atoms with Crippen LogP contribution in [0, 0.1) is 0 Å². The van der Waals surface area contributed by atoms with Crippen LogP contribution < -0.4 is 61.6 Å². The van der Waals surface area contributed by atoms with E-state index in [0.717, 1.165) is 13.2 Å². The Morgan fingerprint density at radius 3 is 2.00 bits per heavy atom. The second-order valence-electron chi connectivity index (χ2n) is 3.03. The maximum Gasteiger partial charge on any atom is 1.00 e. The van der Waals surface area contributed by atoms with E-state index in [1.165, 1.54) is 0 Å². The number of rotatable bonds is 2. The molecule has 0 radical (unpaired) electrons. The molecule has 0 saturated carbocycles. The van der Waals surface area contributed by atoms with E-state index < -0.39 is 24.2 Å². The zero-order chi connectivity index (χ0) is 12.6. The molecule has 1 rings (SSSR count). The van der Waals surface area contributed by atoms with E-state index in [4.69, 9.17) is 0 Å². The summed E-state index contributed by atoms with van der Waals surface area (Å²) in [7, 11) is 1.08. The van der Waals surface area contributed by atoms with E-state index in [-0.39, 0.29) is 57.1 Å². The van der Waals surface area contributed by atoms with Crippen molar-refractivity contribution in [2.24, 2.45) is 0 Å². The van der Waals surface area contributed by atoms with E-state index in [1.54, 1.807) is 0 Å². The first-order valence-electron chi connectivity index (χ1n) is 4.11. The van der Waals surface area contributed by atoms with Crippen LogP contribution in [0.25, 0.3) is 0 Å². The monoisotopic (exact) mass is 282 g/mol. The van der Waals surface area contributed by atoms with Gasteiger partial charge in [-0.1, -0.05) is 11.5 Å². The first-order valence-corrected chi connectivity index (χ1v) is 4.11. The Bertz CT molecular complexity index is 389. The van der Waals surface area contributed by atoms with Gasteiger partial charge in [0.1, 0.15) is 5.75 Å². The van der Waals surface area contributed by atoms with E-state index in [2.05, 4.69) is 4.74 Å². The summed E-state index contributed by atoms with van der Waals surface area (Å²) in [4.78, 5) is 0. The smallest absolute Gasteiger partial charge is 0.497 e. The molecule has 1 aromatic carbocycles. The zero-order valence-corrected chi connectivity index (χ0v) is 12.1. The van der Waals surface area contributed by atoms with Gasteiger partial charge in [0.05, 0.1) is 7.11 Å². The molecule has 17 heavy (non-hydrogen) atoms. The quantitative estimate of drug-likeness (QED) is 0.538. The molecule has 0 heterocycles. The SMILES string of the molecule is COc1ccc([B-](F)(F)F)c(C(F)(F)F)c1.[K+]. The molecule has 9 heteroatoms. The van der Waals surface area contributed by atoms with Crippen LogP contribution in [0.5, 0.6) is 5.75 Å². The molecule has 0 aliphatic rings. The van der Waals surface area contributed by atoms with Gasteiger partial charge in [-0.25, -0.2) is 0 Å². The maximum atomic E-state index is 12.3. The van der Waals surface area contributed by atoms with Gasteiger partial charge >= 0.3 is 64.5 Å². The second-order valence-corrected chi connectivity index (χ2v) is 3.03. The third-order valence-electron chi connectivity index (χ3n) is 1.92. The van der Waals surface area contributed by atoms with Crippen LogP contribution >= 0.6 is 0 Å². The van der Waals surface area contributed by atoms with E-state index in [0.29, 0.717) is 12.1 Å². The number of benzene rings is 1. The molecule has 1 aromatic rings. The minimum absolute atomic E-state index is 0. The number of ether oxygens (including phenoxy) is 1. The van der Waals surface area contributed by atoms with Crippen LogP contribution in [0.15, 0.2) is 18.2 Å². The van der Waals surface area contributed by atoms with Crippen molar-refractivity contribution in [1.82, 2.24) is 0 Å². The van der Waals surface area contributed by atoms with Crippen molar-refractivity contribution in [2.75, 3.05) is 7.11 Å². The normalized spacial score (nSPS) is 11.9. The van der Waals surface area contributed by atoms with Crippen LogP contribution in [0.2, 0.25) is 0 Å². The first-order chi connectivity index (χ1) is 7.16. The molecule has 0 amide bonds. The molecule has 0 aliphatic carbocycles. The molecular weight excluding hydrogens is 276 g/mol. The summed E-state index contributed by atoms with van der Waals surface area (Å²) < 4.78 is 78.5. The van der Waals surface area contributed by atoms with E-state index in [9.17, 15) is 26.1 Å². The molecule has 0 aromatic heterocycles. The van der Waals surface area contributed by atoms with Crippen LogP contribution in [-0.4, -0.2) is 14.1 Å². The summed E-state index contributed by atoms with van der Waals surface area (Å²) in [6.07, 6.45) is -5.05. The molecule has 0 spiro atoms. The fourth-order valence-corrected chi connectivity index (χ4v) is 1.19. The Balaban J connectivity index is 0.00000256. The topological polar surface area (TPSA) is 9.23 Å². The van der Waals surface area contributed by atoms with Crippen molar-refractivity contribution in [2.45, 2.75) is 6.18 Å². The average Bonchev–Trinajstić information content (AvgIpc) is 2.14. The molecule has 0 unspecified atom stereocenters. The molecule has 0 bridgehead atoms. The first kappa shape index (κ1) is 17.3. The molecule has 0 N–H and O–H groups in total. The summed E-state index contributed by atoms with van der Waals surface area (Å²) in [6, 6.07) is 1.56. The van der Waals surface area contributed by atoms with Crippen molar-refractivity contribution < 1.29 is 82.2 Å². The Kier molecular flexibility index (Phi) is 6.07. The van der Waals surface area contributed by atoms with Gasteiger partial charge in [-0.15, -0.1) is 0 Å². The van der Waals surface area contributed by atoms with Gasteiger partial charge < -0.3 is 17.7 Å². The van der Waals surface area contributed by atoms with Gasteiger partial charge in [0.15, 0.2) is 0 Å². The molecule has 1 nitrogen and oxygen atoms in total. The third-order valence-corrected chi connectivity index (χ3v) is 1.92. The second kappa shape index (κ2) is 5.96. The molecule has 0 atom stereocenters. The number of methoxy groups -OCH3 is 1. The van der Waals surface area contributed by atoms with Crippen molar-refractivity contribution in [1.29, 1.82) is 0 Å². The Labute approximate surface area is 136 Å². The summed E-state index contributed by atoms with van der Waals surface area (Å²) >= 11 is 0. The van der Waals surface area contributed by atoms with Gasteiger partial charge in [0.25, 0.3) is 0 Å². The summed E-state index contributed by atoms with van der Waals surface area (Å²) in [5.74, 6) is -0.267. The molecular formula is C8H6BF6KO. The number of hydrogen-bond donors (Lipinski definition) is 0. The zero-order valence-electron chi connectivity index (χ0n) is 8.99. The maximum absolute atomic E-state index is 12.3. The van der Waals surface area contributed by atoms with Crippen molar-refractivity contribution >= 4 is 12.4 Å². The van der Waals surface area contributed by atoms with Gasteiger partial charge in [-0.05, 0) is 12.1 Å². The Morgan fingerprint density at radius 1 is 1.12 bits per heavy atom. The fraction of sp³-hybridized carbons (Fsp3) is 0.250. The summed E-state index contributed by atoms with van der Waals surface area (Å²) in [5.41, 5.74) is -3.38. The average molecular weight is 282 g/mol. The fourth-order valence-electron chi connectivity index (χ4n) is 1.19. The minimum Gasteiger partial charge on any atom is -0.497 e. The summed E-state index contributed by atoms with van der Waals surface area (Å²) in [6.45, 7) is -5.70. The van der Waals surface area contributed by atoms with Gasteiger partial charge in [-0.2, -0.15) is 13.2 Å². The van der Waals surface area contributed by atoms with Crippen molar-refractivity contribution in [3.05, 3.63) is 23.8 Å². The largest absolute Gasteiger partial charge is 1.00 e. The number of alkyl halides is 3. The number of hydrogen-bond acceptors (Lipinski definition) is 1. The van der Waals surface area contributed by atoms with Crippen LogP contribution in [0.4, 0.5) is 26.1 Å². The van der Waals surface area contributed by atoms with Crippen LogP contribution in [-0.2, 0) is 6.18 Å². The van der Waals surface area contributed by atoms with Crippen LogP contribution in [0.1, 0.15) is 5.56 Å². The predicted octanol–water partition coefficient (Wildman–Crippen LogP) is -0.228. The van der Waals surface area contributed by atoms with Crippen LogP contribution in [0.3, 0.4) is 0 Å². The molecule has 0 aliphatic heterocycles. The van der Waals surface area contributed by atoms with E-state index in [1.807, 2.05) is 0 Å². The third kappa shape index (κ3) is 4.47. The van der Waals surface area contributed by atoms with Gasteiger partial charge in [0, 0.05) is 5.56 Å². The standard InChI is InChI=1S/C8H6BF6O.K/c1-16-5-2-3-7(9(13,14)15)6(4-5)8(10,11)12;/h2-4H,1H3;/q-1;+1. The van der Waals surface area contributed by atoms with Gasteiger partial charge in [-0.3, -0.25) is 0 Å². The van der Waals surface area contributed by atoms with E-state index >= 15 is 0 Å². The Hall–Kier alpha value is 0.301. The Morgan fingerprint density at radius 2 is 1.65 bits per heavy atom. The number of halogens is 6. The summed E-state index contributed by atoms with van der Waals surface area (Å²) in [5, 5.41) is 0. The van der Waals surface area contributed by atoms with Crippen molar-refractivity contribution in [3.8, 4) is 5.75 Å². The molecule has 90 valence electrons. The predicted molar refractivity (Wildman–Crippen MR) is 46.7 cm³/mol. The minimum atomic E-state index is -5.70. The van der Waals surface area contributed by atoms with Crippen molar-refractivity contribution in [3.63, 3.8) is 0 Å². The molecule has 0 fully saturated rings. The van der Waals surface area contributed by atoms with Gasteiger partial charge in [0.2, 0.25) is 0 Å².